The molecule has 5 nitrogen and oxygen atoms in total. The minimum absolute atomic E-state index is 0.276. The zero-order valence-corrected chi connectivity index (χ0v) is 9.84. The average molecular weight is 232 g/mol. The maximum atomic E-state index is 5.94. The van der Waals surface area contributed by atoms with Gasteiger partial charge in [-0.2, -0.15) is 9.61 Å². The van der Waals surface area contributed by atoms with E-state index in [4.69, 9.17) is 10.5 Å². The Balaban J connectivity index is 1.83. The van der Waals surface area contributed by atoms with Crippen molar-refractivity contribution in [3.63, 3.8) is 0 Å². The highest BCUT2D eigenvalue weighted by Gasteiger charge is 2.30. The molecule has 1 aliphatic rings. The third-order valence-corrected chi connectivity index (χ3v) is 3.30. The molecule has 90 valence electrons. The van der Waals surface area contributed by atoms with Gasteiger partial charge in [-0.05, 0) is 43.9 Å². The first-order chi connectivity index (χ1) is 8.26. The van der Waals surface area contributed by atoms with Gasteiger partial charge in [0.15, 0.2) is 5.65 Å². The van der Waals surface area contributed by atoms with E-state index in [-0.39, 0.29) is 6.10 Å². The largest absolute Gasteiger partial charge is 0.474 e. The Morgan fingerprint density at radius 1 is 1.47 bits per heavy atom. The molecule has 0 amide bonds. The van der Waals surface area contributed by atoms with Gasteiger partial charge in [-0.1, -0.05) is 0 Å². The molecule has 0 saturated heterocycles. The molecule has 1 saturated carbocycles. The summed E-state index contributed by atoms with van der Waals surface area (Å²) in [4.78, 5) is 4.17. The Bertz CT molecular complexity index is 530. The molecule has 2 heterocycles. The highest BCUT2D eigenvalue weighted by Crippen LogP contribution is 2.30. The van der Waals surface area contributed by atoms with Gasteiger partial charge < -0.3 is 10.5 Å². The number of hydrogen-bond acceptors (Lipinski definition) is 4. The molecule has 1 aliphatic carbocycles. The van der Waals surface area contributed by atoms with Crippen molar-refractivity contribution >= 4 is 5.65 Å². The quantitative estimate of drug-likeness (QED) is 0.862. The summed E-state index contributed by atoms with van der Waals surface area (Å²) in [6.45, 7) is 2.79. The molecule has 0 aromatic carbocycles. The average Bonchev–Trinajstić information content (AvgIpc) is 2.70. The van der Waals surface area contributed by atoms with Gasteiger partial charge >= 0.3 is 0 Å². The van der Waals surface area contributed by atoms with Crippen molar-refractivity contribution in [2.24, 2.45) is 11.7 Å². The molecule has 0 atom stereocenters. The highest BCUT2D eigenvalue weighted by atomic mass is 16.5. The van der Waals surface area contributed by atoms with E-state index in [2.05, 4.69) is 10.1 Å². The van der Waals surface area contributed by atoms with Gasteiger partial charge in [0.1, 0.15) is 12.4 Å². The lowest BCUT2D eigenvalue weighted by molar-refractivity contribution is 0.0627. The first-order valence-corrected chi connectivity index (χ1v) is 5.93. The predicted molar refractivity (Wildman–Crippen MR) is 63.9 cm³/mol. The molecule has 0 aliphatic heterocycles. The van der Waals surface area contributed by atoms with Crippen molar-refractivity contribution in [2.45, 2.75) is 25.9 Å². The Morgan fingerprint density at radius 2 is 2.29 bits per heavy atom. The zero-order chi connectivity index (χ0) is 11.8. The molecule has 1 fully saturated rings. The summed E-state index contributed by atoms with van der Waals surface area (Å²) >= 11 is 0. The van der Waals surface area contributed by atoms with Gasteiger partial charge in [0.2, 0.25) is 5.88 Å². The van der Waals surface area contributed by atoms with Crippen molar-refractivity contribution in [1.82, 2.24) is 14.6 Å². The number of aromatic nitrogens is 3. The van der Waals surface area contributed by atoms with E-state index in [1.165, 1.54) is 0 Å². The fraction of sp³-hybridized carbons (Fsp3) is 0.500. The van der Waals surface area contributed by atoms with Crippen LogP contribution in [0.1, 0.15) is 18.4 Å². The number of aryl methyl sites for hydroxylation is 1. The van der Waals surface area contributed by atoms with E-state index in [0.717, 1.165) is 36.5 Å². The Kier molecular flexibility index (Phi) is 2.48. The van der Waals surface area contributed by atoms with Crippen LogP contribution >= 0.6 is 0 Å². The Hall–Kier alpha value is -1.62. The normalized spacial score (nSPS) is 23.6. The molecular formula is C12H16N4O. The first kappa shape index (κ1) is 10.5. The van der Waals surface area contributed by atoms with E-state index in [1.54, 1.807) is 10.8 Å². The summed E-state index contributed by atoms with van der Waals surface area (Å²) < 4.78 is 7.68. The minimum atomic E-state index is 0.276. The van der Waals surface area contributed by atoms with Crippen molar-refractivity contribution in [1.29, 1.82) is 0 Å². The zero-order valence-electron chi connectivity index (χ0n) is 9.84. The van der Waals surface area contributed by atoms with E-state index in [1.807, 2.05) is 19.1 Å². The lowest BCUT2D eigenvalue weighted by Crippen LogP contribution is -2.38. The van der Waals surface area contributed by atoms with Gasteiger partial charge in [0, 0.05) is 6.07 Å². The van der Waals surface area contributed by atoms with Crippen LogP contribution in [0.25, 0.3) is 5.65 Å². The number of ether oxygens (including phenoxy) is 1. The number of nitrogens with two attached hydrogens (primary N) is 1. The monoisotopic (exact) mass is 232 g/mol. The second kappa shape index (κ2) is 4.00. The van der Waals surface area contributed by atoms with Crippen molar-refractivity contribution in [2.75, 3.05) is 6.54 Å². The fourth-order valence-electron chi connectivity index (χ4n) is 2.24. The van der Waals surface area contributed by atoms with Gasteiger partial charge in [0.05, 0.1) is 0 Å². The van der Waals surface area contributed by atoms with Crippen molar-refractivity contribution in [3.8, 4) is 5.88 Å². The van der Waals surface area contributed by atoms with Crippen LogP contribution in [0.3, 0.4) is 0 Å². The number of fused-ring (bicyclic) bond motifs is 1. The summed E-state index contributed by atoms with van der Waals surface area (Å²) in [6, 6.07) is 3.99. The van der Waals surface area contributed by atoms with Crippen LogP contribution in [0.15, 0.2) is 18.5 Å². The molecule has 0 bridgehead atoms. The summed E-state index contributed by atoms with van der Waals surface area (Å²) in [7, 11) is 0. The standard InChI is InChI=1S/C12H16N4O/c1-8-2-11-14-7-15-16(11)12(3-8)17-10-4-9(5-10)6-13/h2-3,7,9-10H,4-6,13H2,1H3. The van der Waals surface area contributed by atoms with Crippen LogP contribution in [0.2, 0.25) is 0 Å². The number of nitrogens with zero attached hydrogens (tertiary/aromatic N) is 3. The third-order valence-electron chi connectivity index (χ3n) is 3.30. The molecule has 2 aromatic rings. The van der Waals surface area contributed by atoms with Crippen LogP contribution in [0.4, 0.5) is 0 Å². The molecule has 0 unspecified atom stereocenters. The van der Waals surface area contributed by atoms with E-state index >= 15 is 0 Å². The Morgan fingerprint density at radius 3 is 3.06 bits per heavy atom. The second-order valence-electron chi connectivity index (χ2n) is 4.71. The number of rotatable bonds is 3. The fourth-order valence-corrected chi connectivity index (χ4v) is 2.24. The minimum Gasteiger partial charge on any atom is -0.474 e. The smallest absolute Gasteiger partial charge is 0.216 e. The van der Waals surface area contributed by atoms with E-state index < -0.39 is 0 Å². The first-order valence-electron chi connectivity index (χ1n) is 5.93. The summed E-state index contributed by atoms with van der Waals surface area (Å²) in [5, 5.41) is 4.17. The molecule has 17 heavy (non-hydrogen) atoms. The third kappa shape index (κ3) is 1.86. The maximum Gasteiger partial charge on any atom is 0.216 e. The Labute approximate surface area is 99.6 Å². The van der Waals surface area contributed by atoms with Gasteiger partial charge in [-0.25, -0.2) is 4.98 Å². The molecule has 2 aromatic heterocycles. The van der Waals surface area contributed by atoms with Crippen LogP contribution in [-0.4, -0.2) is 27.2 Å². The lowest BCUT2D eigenvalue weighted by atomic mass is 9.82. The summed E-state index contributed by atoms with van der Waals surface area (Å²) in [5.74, 6) is 1.40. The lowest BCUT2D eigenvalue weighted by Gasteiger charge is -2.34. The van der Waals surface area contributed by atoms with Crippen molar-refractivity contribution in [3.05, 3.63) is 24.0 Å². The molecule has 2 N–H and O–H groups in total. The molecule has 3 rings (SSSR count). The number of hydrogen-bond donors (Lipinski definition) is 1. The topological polar surface area (TPSA) is 65.4 Å². The molecular weight excluding hydrogens is 216 g/mol. The summed E-state index contributed by atoms with van der Waals surface area (Å²) in [5.41, 5.74) is 7.57. The summed E-state index contributed by atoms with van der Waals surface area (Å²) in [6.07, 6.45) is 3.91. The van der Waals surface area contributed by atoms with Crippen LogP contribution in [-0.2, 0) is 0 Å². The molecule has 0 radical (unpaired) electrons. The number of pyridine rings is 1. The predicted octanol–water partition coefficient (Wildman–Crippen LogP) is 1.15. The van der Waals surface area contributed by atoms with Crippen molar-refractivity contribution < 1.29 is 4.74 Å². The van der Waals surface area contributed by atoms with Crippen LogP contribution in [0, 0.1) is 12.8 Å². The van der Waals surface area contributed by atoms with Gasteiger partial charge in [-0.3, -0.25) is 0 Å². The van der Waals surface area contributed by atoms with Crippen LogP contribution in [0.5, 0.6) is 5.88 Å². The van der Waals surface area contributed by atoms with Gasteiger partial charge in [-0.15, -0.1) is 0 Å². The highest BCUT2D eigenvalue weighted by molar-refractivity contribution is 5.43. The maximum absolute atomic E-state index is 5.94. The van der Waals surface area contributed by atoms with E-state index in [0.29, 0.717) is 5.92 Å². The molecule has 0 spiro atoms. The molecule has 5 heteroatoms. The van der Waals surface area contributed by atoms with Crippen LogP contribution < -0.4 is 10.5 Å². The second-order valence-corrected chi connectivity index (χ2v) is 4.71. The SMILES string of the molecule is Cc1cc(OC2CC(CN)C2)n2ncnc2c1. The van der Waals surface area contributed by atoms with Gasteiger partial charge in [0.25, 0.3) is 0 Å². The van der Waals surface area contributed by atoms with E-state index in [9.17, 15) is 0 Å².